The number of hydrogen-bond acceptors (Lipinski definition) is 4. The molecule has 0 radical (unpaired) electrons. The second-order valence-electron chi connectivity index (χ2n) is 2.98. The number of Topliss-reactive ketones (excluding diaryl/α,β-unsaturated/α-hetero) is 1. The van der Waals surface area contributed by atoms with Crippen LogP contribution in [0.15, 0.2) is 5.16 Å². The van der Waals surface area contributed by atoms with Crippen LogP contribution < -0.4 is 0 Å². The predicted octanol–water partition coefficient (Wildman–Crippen LogP) is 0.757. The van der Waals surface area contributed by atoms with Gasteiger partial charge >= 0.3 is 0 Å². The number of ketones is 1. The van der Waals surface area contributed by atoms with Crippen molar-refractivity contribution >= 4 is 11.5 Å². The van der Waals surface area contributed by atoms with Crippen LogP contribution in [0.5, 0.6) is 0 Å². The summed E-state index contributed by atoms with van der Waals surface area (Å²) in [5, 5.41) is 3.77. The van der Waals surface area contributed by atoms with Crippen molar-refractivity contribution in [1.29, 1.82) is 0 Å². The zero-order chi connectivity index (χ0) is 8.97. The molecule has 0 aromatic carbocycles. The molecule has 0 spiro atoms. The number of carbonyl (C=O) groups excluding carboxylic acids is 1. The molecule has 4 nitrogen and oxygen atoms in total. The Balaban J connectivity index is 2.06. The van der Waals surface area contributed by atoms with Gasteiger partial charge < -0.3 is 9.57 Å². The number of rotatable bonds is 4. The molecule has 0 fully saturated rings. The summed E-state index contributed by atoms with van der Waals surface area (Å²) < 4.78 is 5.08. The maximum atomic E-state index is 10.5. The summed E-state index contributed by atoms with van der Waals surface area (Å²) in [7, 11) is 0. The van der Waals surface area contributed by atoms with Crippen LogP contribution in [0.25, 0.3) is 0 Å². The van der Waals surface area contributed by atoms with Crippen molar-refractivity contribution in [2.24, 2.45) is 5.16 Å². The Hall–Kier alpha value is -0.900. The zero-order valence-electron chi connectivity index (χ0n) is 7.37. The third-order valence-electron chi connectivity index (χ3n) is 1.49. The van der Waals surface area contributed by atoms with Gasteiger partial charge in [-0.2, -0.15) is 0 Å². The first-order valence-electron chi connectivity index (χ1n) is 3.95. The normalized spacial score (nSPS) is 21.8. The van der Waals surface area contributed by atoms with Gasteiger partial charge in [-0.1, -0.05) is 5.16 Å². The van der Waals surface area contributed by atoms with Crippen LogP contribution in [-0.2, 0) is 14.4 Å². The fourth-order valence-electron chi connectivity index (χ4n) is 0.992. The van der Waals surface area contributed by atoms with Crippen molar-refractivity contribution < 1.29 is 14.4 Å². The minimum atomic E-state index is 0.00403. The van der Waals surface area contributed by atoms with Gasteiger partial charge in [0.1, 0.15) is 6.61 Å². The van der Waals surface area contributed by atoms with Crippen LogP contribution in [0.1, 0.15) is 20.3 Å². The van der Waals surface area contributed by atoms with Crippen molar-refractivity contribution in [3.05, 3.63) is 0 Å². The van der Waals surface area contributed by atoms with E-state index in [9.17, 15) is 4.79 Å². The molecule has 1 rings (SSSR count). The van der Waals surface area contributed by atoms with E-state index in [1.807, 2.05) is 6.92 Å². The standard InChI is InChI=1S/C8H13NO3/c1-6-3-8(12-9-6)5-11-4-7(2)10/h8H,3-5H2,1-2H3. The molecular weight excluding hydrogens is 158 g/mol. The van der Waals surface area contributed by atoms with E-state index in [0.29, 0.717) is 6.61 Å². The Morgan fingerprint density at radius 1 is 1.83 bits per heavy atom. The van der Waals surface area contributed by atoms with Gasteiger partial charge in [0.25, 0.3) is 0 Å². The average Bonchev–Trinajstić information content (AvgIpc) is 2.35. The summed E-state index contributed by atoms with van der Waals surface area (Å²) in [4.78, 5) is 15.5. The molecule has 0 aromatic rings. The van der Waals surface area contributed by atoms with Crippen molar-refractivity contribution in [1.82, 2.24) is 0 Å². The largest absolute Gasteiger partial charge is 0.390 e. The first-order chi connectivity index (χ1) is 5.68. The lowest BCUT2D eigenvalue weighted by Crippen LogP contribution is -2.17. The highest BCUT2D eigenvalue weighted by atomic mass is 16.7. The molecule has 4 heteroatoms. The Kier molecular flexibility index (Phi) is 3.22. The molecule has 1 unspecified atom stereocenters. The van der Waals surface area contributed by atoms with Gasteiger partial charge in [0.15, 0.2) is 11.9 Å². The molecule has 0 aromatic heterocycles. The Bertz CT molecular complexity index is 200. The van der Waals surface area contributed by atoms with Crippen molar-refractivity contribution in [2.45, 2.75) is 26.4 Å². The van der Waals surface area contributed by atoms with Crippen LogP contribution in [0.2, 0.25) is 0 Å². The number of hydrogen-bond donors (Lipinski definition) is 0. The van der Waals surface area contributed by atoms with Crippen molar-refractivity contribution in [2.75, 3.05) is 13.2 Å². The second-order valence-corrected chi connectivity index (χ2v) is 2.98. The minimum Gasteiger partial charge on any atom is -0.390 e. The minimum absolute atomic E-state index is 0.00403. The summed E-state index contributed by atoms with van der Waals surface area (Å²) in [5.74, 6) is 0.0330. The molecule has 0 bridgehead atoms. The van der Waals surface area contributed by atoms with E-state index in [0.717, 1.165) is 12.1 Å². The van der Waals surface area contributed by atoms with Gasteiger partial charge in [0, 0.05) is 6.42 Å². The van der Waals surface area contributed by atoms with Crippen molar-refractivity contribution in [3.8, 4) is 0 Å². The predicted molar refractivity (Wildman–Crippen MR) is 44.1 cm³/mol. The van der Waals surface area contributed by atoms with Gasteiger partial charge in [0.2, 0.25) is 0 Å². The van der Waals surface area contributed by atoms with E-state index >= 15 is 0 Å². The molecule has 1 aliphatic rings. The molecule has 0 amide bonds. The van der Waals surface area contributed by atoms with Crippen LogP contribution in [0.3, 0.4) is 0 Å². The van der Waals surface area contributed by atoms with Crippen LogP contribution >= 0.6 is 0 Å². The third kappa shape index (κ3) is 3.00. The summed E-state index contributed by atoms with van der Waals surface area (Å²) in [6.45, 7) is 4.02. The van der Waals surface area contributed by atoms with Crippen LogP contribution in [0, 0.1) is 0 Å². The molecule has 0 saturated carbocycles. The highest BCUT2D eigenvalue weighted by Gasteiger charge is 2.17. The summed E-state index contributed by atoms with van der Waals surface area (Å²) in [6, 6.07) is 0. The SMILES string of the molecule is CC(=O)COCC1CC(C)=NO1. The Labute approximate surface area is 71.5 Å². The second kappa shape index (κ2) is 4.21. The molecule has 1 heterocycles. The number of carbonyl (C=O) groups is 1. The quantitative estimate of drug-likeness (QED) is 0.627. The lowest BCUT2D eigenvalue weighted by Gasteiger charge is -2.06. The first-order valence-corrected chi connectivity index (χ1v) is 3.95. The van der Waals surface area contributed by atoms with Crippen LogP contribution in [-0.4, -0.2) is 30.8 Å². The highest BCUT2D eigenvalue weighted by Crippen LogP contribution is 2.09. The summed E-state index contributed by atoms with van der Waals surface area (Å²) in [6.07, 6.45) is 0.808. The van der Waals surface area contributed by atoms with Gasteiger partial charge in [-0.3, -0.25) is 4.79 Å². The maximum Gasteiger partial charge on any atom is 0.156 e. The smallest absolute Gasteiger partial charge is 0.156 e. The monoisotopic (exact) mass is 171 g/mol. The van der Waals surface area contributed by atoms with E-state index in [1.54, 1.807) is 0 Å². The fourth-order valence-corrected chi connectivity index (χ4v) is 0.992. The Morgan fingerprint density at radius 2 is 2.58 bits per heavy atom. The lowest BCUT2D eigenvalue weighted by atomic mass is 10.2. The molecule has 1 atom stereocenters. The van der Waals surface area contributed by atoms with E-state index in [4.69, 9.17) is 9.57 Å². The van der Waals surface area contributed by atoms with Crippen LogP contribution in [0.4, 0.5) is 0 Å². The van der Waals surface area contributed by atoms with Crippen molar-refractivity contribution in [3.63, 3.8) is 0 Å². The molecule has 0 N–H and O–H groups in total. The maximum absolute atomic E-state index is 10.5. The fraction of sp³-hybridized carbons (Fsp3) is 0.750. The number of oxime groups is 1. The van der Waals surface area contributed by atoms with Gasteiger partial charge in [-0.25, -0.2) is 0 Å². The summed E-state index contributed by atoms with van der Waals surface area (Å²) >= 11 is 0. The summed E-state index contributed by atoms with van der Waals surface area (Å²) in [5.41, 5.74) is 0.978. The molecule has 0 aliphatic carbocycles. The van der Waals surface area contributed by atoms with E-state index in [2.05, 4.69) is 5.16 Å². The molecule has 68 valence electrons. The average molecular weight is 171 g/mol. The Morgan fingerprint density at radius 3 is 3.08 bits per heavy atom. The first kappa shape index (κ1) is 9.19. The topological polar surface area (TPSA) is 47.9 Å². The molecule has 1 aliphatic heterocycles. The van der Waals surface area contributed by atoms with Gasteiger partial charge in [0.05, 0.1) is 12.3 Å². The van der Waals surface area contributed by atoms with E-state index in [-0.39, 0.29) is 18.5 Å². The lowest BCUT2D eigenvalue weighted by molar-refractivity contribution is -0.122. The van der Waals surface area contributed by atoms with Gasteiger partial charge in [-0.05, 0) is 13.8 Å². The molecular formula is C8H13NO3. The molecule has 0 saturated heterocycles. The third-order valence-corrected chi connectivity index (χ3v) is 1.49. The number of nitrogens with zero attached hydrogens (tertiary/aromatic N) is 1. The zero-order valence-corrected chi connectivity index (χ0v) is 7.37. The van der Waals surface area contributed by atoms with E-state index < -0.39 is 0 Å². The van der Waals surface area contributed by atoms with Gasteiger partial charge in [-0.15, -0.1) is 0 Å². The molecule has 12 heavy (non-hydrogen) atoms. The number of ether oxygens (including phenoxy) is 1. The van der Waals surface area contributed by atoms with E-state index in [1.165, 1.54) is 6.92 Å². The highest BCUT2D eigenvalue weighted by molar-refractivity contribution is 5.82.